The molecule has 0 saturated heterocycles. The maximum atomic E-state index is 13.6. The maximum absolute atomic E-state index is 13.6. The average molecular weight is 459 g/mol. The number of thioether (sulfide) groups is 1. The number of benzene rings is 2. The molecular formula is C24H22N6O2S. The summed E-state index contributed by atoms with van der Waals surface area (Å²) in [6.45, 7) is 5.33. The number of hydrogen-bond acceptors (Lipinski definition) is 6. The zero-order chi connectivity index (χ0) is 23.2. The van der Waals surface area contributed by atoms with Gasteiger partial charge in [-0.3, -0.25) is 14.5 Å². The molecule has 0 aliphatic carbocycles. The van der Waals surface area contributed by atoms with Crippen LogP contribution < -0.4 is 10.2 Å². The Kier molecular flexibility index (Phi) is 5.13. The predicted octanol–water partition coefficient (Wildman–Crippen LogP) is 4.06. The van der Waals surface area contributed by atoms with Gasteiger partial charge in [-0.25, -0.2) is 14.6 Å². The number of anilines is 2. The summed E-state index contributed by atoms with van der Waals surface area (Å²) in [4.78, 5) is 36.8. The second kappa shape index (κ2) is 8.00. The van der Waals surface area contributed by atoms with E-state index in [0.29, 0.717) is 22.0 Å². The van der Waals surface area contributed by atoms with Crippen LogP contribution in [-0.2, 0) is 9.59 Å². The van der Waals surface area contributed by atoms with Gasteiger partial charge < -0.3 is 5.32 Å². The van der Waals surface area contributed by atoms with Gasteiger partial charge in [-0.15, -0.1) is 0 Å². The van der Waals surface area contributed by atoms with E-state index in [2.05, 4.69) is 20.4 Å². The van der Waals surface area contributed by atoms with Gasteiger partial charge in [-0.1, -0.05) is 42.1 Å². The van der Waals surface area contributed by atoms with Crippen LogP contribution in [0.15, 0.2) is 72.1 Å². The van der Waals surface area contributed by atoms with Gasteiger partial charge in [0, 0.05) is 0 Å². The van der Waals surface area contributed by atoms with E-state index in [-0.39, 0.29) is 11.8 Å². The van der Waals surface area contributed by atoms with Crippen molar-refractivity contribution in [1.29, 1.82) is 0 Å². The van der Waals surface area contributed by atoms with Gasteiger partial charge in [0.25, 0.3) is 0 Å². The number of carbonyl (C=O) groups is 2. The van der Waals surface area contributed by atoms with E-state index < -0.39 is 10.8 Å². The van der Waals surface area contributed by atoms with Crippen molar-refractivity contribution in [3.8, 4) is 5.69 Å². The van der Waals surface area contributed by atoms with Crippen molar-refractivity contribution in [3.05, 3.63) is 67.1 Å². The van der Waals surface area contributed by atoms with Gasteiger partial charge >= 0.3 is 0 Å². The molecule has 166 valence electrons. The molecule has 2 aromatic carbocycles. The molecule has 9 heteroatoms. The van der Waals surface area contributed by atoms with Gasteiger partial charge in [-0.2, -0.15) is 5.10 Å². The van der Waals surface area contributed by atoms with E-state index in [4.69, 9.17) is 0 Å². The zero-order valence-corrected chi connectivity index (χ0v) is 19.2. The Morgan fingerprint density at radius 1 is 1.06 bits per heavy atom. The summed E-state index contributed by atoms with van der Waals surface area (Å²) in [6, 6.07) is 17.1. The Hall–Kier alpha value is -3.72. The quantitative estimate of drug-likeness (QED) is 0.366. The van der Waals surface area contributed by atoms with Crippen LogP contribution >= 0.6 is 11.8 Å². The van der Waals surface area contributed by atoms with Crippen molar-refractivity contribution in [1.82, 2.24) is 19.7 Å². The largest absolute Gasteiger partial charge is 0.322 e. The highest BCUT2D eigenvalue weighted by Gasteiger charge is 2.44. The van der Waals surface area contributed by atoms with Gasteiger partial charge in [0.15, 0.2) is 5.65 Å². The third-order valence-electron chi connectivity index (χ3n) is 5.69. The summed E-state index contributed by atoms with van der Waals surface area (Å²) in [5.74, 6) is -0.394. The van der Waals surface area contributed by atoms with Crippen molar-refractivity contribution in [2.75, 3.05) is 10.2 Å². The lowest BCUT2D eigenvalue weighted by Crippen LogP contribution is -2.60. The molecule has 0 radical (unpaired) electrons. The average Bonchev–Trinajstić information content (AvgIpc) is 3.25. The Morgan fingerprint density at radius 3 is 2.58 bits per heavy atom. The molecule has 0 fully saturated rings. The topological polar surface area (TPSA) is 93.0 Å². The summed E-state index contributed by atoms with van der Waals surface area (Å²) in [5, 5.41) is 8.31. The van der Waals surface area contributed by atoms with Crippen LogP contribution in [-0.4, -0.2) is 42.4 Å². The number of nitrogens with one attached hydrogen (secondary N) is 1. The number of carbonyl (C=O) groups excluding carboxylic acids is 2. The van der Waals surface area contributed by atoms with E-state index >= 15 is 0 Å². The third-order valence-corrected chi connectivity index (χ3v) is 6.80. The lowest BCUT2D eigenvalue weighted by molar-refractivity contribution is -0.126. The Bertz CT molecular complexity index is 1370. The van der Waals surface area contributed by atoms with Crippen molar-refractivity contribution >= 4 is 46.0 Å². The van der Waals surface area contributed by atoms with Crippen LogP contribution in [0.25, 0.3) is 16.7 Å². The summed E-state index contributed by atoms with van der Waals surface area (Å²) in [5.41, 5.74) is 1.84. The maximum Gasteiger partial charge on any atom is 0.250 e. The SMILES string of the molecule is CC(Sc1ncnc2c1cnn2-c1ccccc1)C(=O)N1c2ccccc2NC(=O)C1(C)C. The van der Waals surface area contributed by atoms with Crippen molar-refractivity contribution in [2.24, 2.45) is 0 Å². The summed E-state index contributed by atoms with van der Waals surface area (Å²) in [6.07, 6.45) is 3.20. The minimum Gasteiger partial charge on any atom is -0.322 e. The summed E-state index contributed by atoms with van der Waals surface area (Å²) < 4.78 is 1.75. The monoisotopic (exact) mass is 458 g/mol. The highest BCUT2D eigenvalue weighted by atomic mass is 32.2. The minimum absolute atomic E-state index is 0.172. The van der Waals surface area contributed by atoms with Crippen LogP contribution in [0.2, 0.25) is 0 Å². The molecule has 3 heterocycles. The second-order valence-electron chi connectivity index (χ2n) is 8.27. The summed E-state index contributed by atoms with van der Waals surface area (Å²) >= 11 is 1.33. The molecule has 1 aliphatic heterocycles. The molecule has 1 unspecified atom stereocenters. The van der Waals surface area contributed by atoms with E-state index in [0.717, 1.165) is 11.1 Å². The number of nitrogens with zero attached hydrogens (tertiary/aromatic N) is 5. The minimum atomic E-state index is -1.03. The van der Waals surface area contributed by atoms with Gasteiger partial charge in [-0.05, 0) is 45.0 Å². The number of hydrogen-bond donors (Lipinski definition) is 1. The van der Waals surface area contributed by atoms with Gasteiger partial charge in [0.1, 0.15) is 16.9 Å². The normalized spacial score (nSPS) is 15.7. The Labute approximate surface area is 195 Å². The molecule has 0 saturated carbocycles. The molecule has 1 N–H and O–H groups in total. The van der Waals surface area contributed by atoms with Gasteiger partial charge in [0.05, 0.1) is 33.9 Å². The van der Waals surface area contributed by atoms with E-state index in [9.17, 15) is 9.59 Å². The van der Waals surface area contributed by atoms with E-state index in [1.165, 1.54) is 18.1 Å². The number of aromatic nitrogens is 4. The fraction of sp³-hybridized carbons (Fsp3) is 0.208. The van der Waals surface area contributed by atoms with Crippen LogP contribution in [0.1, 0.15) is 20.8 Å². The highest BCUT2D eigenvalue weighted by molar-refractivity contribution is 8.00. The Morgan fingerprint density at radius 2 is 1.79 bits per heavy atom. The molecule has 4 aromatic rings. The van der Waals surface area contributed by atoms with Gasteiger partial charge in [0.2, 0.25) is 11.8 Å². The molecule has 5 rings (SSSR count). The van der Waals surface area contributed by atoms with Crippen LogP contribution in [0, 0.1) is 0 Å². The predicted molar refractivity (Wildman–Crippen MR) is 129 cm³/mol. The molecule has 0 bridgehead atoms. The first-order valence-electron chi connectivity index (χ1n) is 10.5. The van der Waals surface area contributed by atoms with Crippen molar-refractivity contribution in [3.63, 3.8) is 0 Å². The lowest BCUT2D eigenvalue weighted by atomic mass is 9.96. The summed E-state index contributed by atoms with van der Waals surface area (Å²) in [7, 11) is 0. The van der Waals surface area contributed by atoms with E-state index in [1.54, 1.807) is 35.7 Å². The number of fused-ring (bicyclic) bond motifs is 2. The van der Waals surface area contributed by atoms with Crippen molar-refractivity contribution < 1.29 is 9.59 Å². The number of rotatable bonds is 4. The molecular weight excluding hydrogens is 436 g/mol. The molecule has 2 amide bonds. The zero-order valence-electron chi connectivity index (χ0n) is 18.4. The highest BCUT2D eigenvalue weighted by Crippen LogP contribution is 2.39. The van der Waals surface area contributed by atoms with Crippen LogP contribution in [0.3, 0.4) is 0 Å². The first kappa shape index (κ1) is 21.1. The fourth-order valence-corrected chi connectivity index (χ4v) is 4.84. The van der Waals surface area contributed by atoms with Crippen molar-refractivity contribution in [2.45, 2.75) is 36.6 Å². The number of para-hydroxylation sites is 3. The third kappa shape index (κ3) is 3.54. The molecule has 0 spiro atoms. The molecule has 1 aliphatic rings. The molecule has 1 atom stereocenters. The van der Waals surface area contributed by atoms with Crippen LogP contribution in [0.5, 0.6) is 0 Å². The standard InChI is InChI=1S/C24H22N6O2S/c1-15(22(31)29-19-12-8-7-11-18(19)28-23(32)24(29,2)3)33-21-17-13-27-30(20(17)25-14-26-21)16-9-5-4-6-10-16/h4-15H,1-3H3,(H,28,32). The molecule has 33 heavy (non-hydrogen) atoms. The Balaban J connectivity index is 1.48. The smallest absolute Gasteiger partial charge is 0.250 e. The number of amides is 2. The molecule has 8 nitrogen and oxygen atoms in total. The molecule has 2 aromatic heterocycles. The first-order chi connectivity index (χ1) is 15.9. The fourth-order valence-electron chi connectivity index (χ4n) is 3.92. The van der Waals surface area contributed by atoms with Crippen LogP contribution in [0.4, 0.5) is 11.4 Å². The lowest BCUT2D eigenvalue weighted by Gasteiger charge is -2.43. The first-order valence-corrected chi connectivity index (χ1v) is 11.4. The second-order valence-corrected chi connectivity index (χ2v) is 9.60. The van der Waals surface area contributed by atoms with E-state index in [1.807, 2.05) is 55.5 Å².